The number of fused-ring (bicyclic) bond motifs is 6. The lowest BCUT2D eigenvalue weighted by atomic mass is 9.95. The molecule has 0 radical (unpaired) electrons. The van der Waals surface area contributed by atoms with Crippen molar-refractivity contribution in [3.8, 4) is 135 Å². The van der Waals surface area contributed by atoms with Crippen LogP contribution in [0.2, 0.25) is 0 Å². The van der Waals surface area contributed by atoms with Crippen LogP contribution in [0.1, 0.15) is 22.3 Å². The van der Waals surface area contributed by atoms with Gasteiger partial charge >= 0.3 is 0 Å². The van der Waals surface area contributed by atoms with E-state index in [4.69, 9.17) is 29.9 Å². The Morgan fingerprint density at radius 3 is 0.637 bits per heavy atom. The summed E-state index contributed by atoms with van der Waals surface area (Å²) in [6.07, 6.45) is 0. The fourth-order valence-electron chi connectivity index (χ4n) is 14.6. The molecule has 0 saturated heterocycles. The molecule has 102 heavy (non-hydrogen) atoms. The van der Waals surface area contributed by atoms with Gasteiger partial charge in [0.1, 0.15) is 0 Å². The zero-order valence-corrected chi connectivity index (χ0v) is 56.8. The highest BCUT2D eigenvalue weighted by atomic mass is 15.1. The van der Waals surface area contributed by atoms with Crippen LogP contribution < -0.4 is 0 Å². The van der Waals surface area contributed by atoms with Crippen LogP contribution in [-0.4, -0.2) is 39.0 Å². The molecule has 8 nitrogen and oxygen atoms in total. The number of aromatic nitrogens is 8. The maximum atomic E-state index is 5.43. The minimum atomic E-state index is 0.530. The maximum absolute atomic E-state index is 5.43. The zero-order chi connectivity index (χ0) is 68.4. The van der Waals surface area contributed by atoms with Gasteiger partial charge in [0.15, 0.2) is 34.9 Å². The largest absolute Gasteiger partial charge is 0.309 e. The molecular weight excluding hydrogens is 1240 g/mol. The van der Waals surface area contributed by atoms with Crippen molar-refractivity contribution in [1.29, 1.82) is 0 Å². The Labute approximate surface area is 592 Å². The summed E-state index contributed by atoms with van der Waals surface area (Å²) in [5, 5.41) is 4.51. The topological polar surface area (TPSA) is 87.2 Å². The molecule has 14 aromatic carbocycles. The van der Waals surface area contributed by atoms with Gasteiger partial charge in [0, 0.05) is 66.1 Å². The Bertz CT molecular complexity index is 5590. The molecule has 0 N–H and O–H groups in total. The average molecular weight is 1310 g/mol. The van der Waals surface area contributed by atoms with E-state index in [1.54, 1.807) is 0 Å². The van der Waals surface area contributed by atoms with E-state index in [-0.39, 0.29) is 0 Å². The molecule has 0 amide bonds. The highest BCUT2D eigenvalue weighted by Gasteiger charge is 2.26. The summed E-state index contributed by atoms with van der Waals surface area (Å²) in [6, 6.07) is 117. The van der Waals surface area contributed by atoms with E-state index in [1.807, 2.05) is 72.8 Å². The van der Waals surface area contributed by atoms with E-state index in [1.165, 1.54) is 22.3 Å². The van der Waals surface area contributed by atoms with Crippen molar-refractivity contribution >= 4 is 43.6 Å². The molecule has 0 unspecified atom stereocenters. The Balaban J connectivity index is 0.974. The number of benzene rings is 14. The Morgan fingerprint density at radius 2 is 0.392 bits per heavy atom. The molecule has 0 fully saturated rings. The third-order valence-corrected chi connectivity index (χ3v) is 19.6. The summed E-state index contributed by atoms with van der Waals surface area (Å²) in [6.45, 7) is 8.64. The van der Waals surface area contributed by atoms with Gasteiger partial charge < -0.3 is 9.13 Å². The van der Waals surface area contributed by atoms with Crippen molar-refractivity contribution in [3.05, 3.63) is 350 Å². The number of aryl methyl sites for hydroxylation is 4. The van der Waals surface area contributed by atoms with Crippen LogP contribution in [0.3, 0.4) is 0 Å². The summed E-state index contributed by atoms with van der Waals surface area (Å²) >= 11 is 0. The van der Waals surface area contributed by atoms with Crippen LogP contribution in [0.5, 0.6) is 0 Å². The third-order valence-electron chi connectivity index (χ3n) is 19.6. The molecule has 0 aliphatic heterocycles. The van der Waals surface area contributed by atoms with Gasteiger partial charge in [-0.05, 0) is 157 Å². The number of rotatable bonds is 13. The van der Waals surface area contributed by atoms with Gasteiger partial charge in [-0.25, -0.2) is 29.9 Å². The van der Waals surface area contributed by atoms with Gasteiger partial charge in [0.05, 0.1) is 33.4 Å². The van der Waals surface area contributed by atoms with Crippen molar-refractivity contribution in [3.63, 3.8) is 0 Å². The summed E-state index contributed by atoms with van der Waals surface area (Å²) in [4.78, 5) is 32.1. The Kier molecular flexibility index (Phi) is 15.3. The van der Waals surface area contributed by atoms with Crippen molar-refractivity contribution in [2.75, 3.05) is 0 Å². The van der Waals surface area contributed by atoms with Gasteiger partial charge in [-0.15, -0.1) is 0 Å². The Hall–Kier alpha value is -13.3. The second-order valence-electron chi connectivity index (χ2n) is 26.6. The first-order valence-electron chi connectivity index (χ1n) is 34.6. The lowest BCUT2D eigenvalue weighted by Gasteiger charge is -2.21. The minimum absolute atomic E-state index is 0.530. The van der Waals surface area contributed by atoms with Crippen LogP contribution in [-0.2, 0) is 0 Å². The standard InChI is InChI=1S/C94H66N8/c1-59-21-17-33-67(49-59)71-37-43-83-77(53-71)78-54-72(68-34-18-22-60(2)50-68)38-44-84(78)101(83)87-47-41-75(93-97-89(63-25-9-5-10-26-63)95-90(98-93)64-27-11-6-12-28-64)57-81(87)82-58-76(94-99-91(65-29-13-7-14-30-65)96-92(100-94)66-31-15-8-16-32-66)42-48-88(82)102-85-45-39-73(69-35-19-23-61(3)51-69)55-79(85)80-56-74(40-46-86(80)102)70-36-20-24-62(4)52-70/h5-58H,1-4H3. The van der Waals surface area contributed by atoms with Crippen molar-refractivity contribution < 1.29 is 0 Å². The van der Waals surface area contributed by atoms with E-state index in [9.17, 15) is 0 Å². The predicted octanol–water partition coefficient (Wildman–Crippen LogP) is 23.8. The molecule has 0 aliphatic rings. The molecule has 482 valence electrons. The third kappa shape index (κ3) is 11.4. The maximum Gasteiger partial charge on any atom is 0.164 e. The van der Waals surface area contributed by atoms with Gasteiger partial charge in [0.2, 0.25) is 0 Å². The molecule has 0 spiro atoms. The van der Waals surface area contributed by atoms with E-state index in [0.717, 1.165) is 144 Å². The first-order chi connectivity index (χ1) is 50.1. The summed E-state index contributed by atoms with van der Waals surface area (Å²) < 4.78 is 4.94. The van der Waals surface area contributed by atoms with Gasteiger partial charge in [-0.1, -0.05) is 265 Å². The van der Waals surface area contributed by atoms with E-state index >= 15 is 0 Å². The molecule has 18 rings (SSSR count). The molecule has 4 aromatic heterocycles. The molecule has 0 aliphatic carbocycles. The molecule has 4 heterocycles. The Morgan fingerprint density at radius 1 is 0.176 bits per heavy atom. The highest BCUT2D eigenvalue weighted by Crippen LogP contribution is 2.46. The van der Waals surface area contributed by atoms with Crippen molar-refractivity contribution in [2.24, 2.45) is 0 Å². The summed E-state index contributed by atoms with van der Waals surface area (Å²) in [5.74, 6) is 3.35. The van der Waals surface area contributed by atoms with Crippen LogP contribution in [0.4, 0.5) is 0 Å². The monoisotopic (exact) mass is 1310 g/mol. The minimum Gasteiger partial charge on any atom is -0.309 e. The fourth-order valence-corrected chi connectivity index (χ4v) is 14.6. The molecule has 8 heteroatoms. The molecular formula is C94H66N8. The molecule has 0 saturated carbocycles. The van der Waals surface area contributed by atoms with E-state index < -0.39 is 0 Å². The smallest absolute Gasteiger partial charge is 0.164 e. The van der Waals surface area contributed by atoms with Gasteiger partial charge in [0.25, 0.3) is 0 Å². The second kappa shape index (κ2) is 25.5. The average Bonchev–Trinajstić information content (AvgIpc) is 1.60. The first kappa shape index (κ1) is 61.1. The quantitative estimate of drug-likeness (QED) is 0.114. The number of hydrogen-bond donors (Lipinski definition) is 0. The van der Waals surface area contributed by atoms with Crippen LogP contribution in [0.15, 0.2) is 328 Å². The number of nitrogens with zero attached hydrogens (tertiary/aromatic N) is 8. The highest BCUT2D eigenvalue weighted by molar-refractivity contribution is 6.14. The second-order valence-corrected chi connectivity index (χ2v) is 26.6. The lowest BCUT2D eigenvalue weighted by molar-refractivity contribution is 1.07. The van der Waals surface area contributed by atoms with Crippen LogP contribution >= 0.6 is 0 Å². The lowest BCUT2D eigenvalue weighted by Crippen LogP contribution is -2.05. The predicted molar refractivity (Wildman–Crippen MR) is 421 cm³/mol. The number of hydrogen-bond acceptors (Lipinski definition) is 6. The van der Waals surface area contributed by atoms with Gasteiger partial charge in [-0.3, -0.25) is 0 Å². The fraction of sp³-hybridized carbons (Fsp3) is 0.0426. The van der Waals surface area contributed by atoms with E-state index in [2.05, 4.69) is 292 Å². The zero-order valence-electron chi connectivity index (χ0n) is 56.8. The SMILES string of the molecule is Cc1cccc(-c2ccc3c(c2)c2cc(-c4cccc(C)c4)ccc2n3-c2ccc(-c3nc(-c4ccccc4)nc(-c4ccccc4)n3)cc2-c2cc(-c3nc(-c4ccccc4)nc(-c4ccccc4)n3)ccc2-n2c3ccc(-c4cccc(C)c4)cc3c3cc(-c4cccc(C)c4)ccc32)c1. The summed E-state index contributed by atoms with van der Waals surface area (Å²) in [5.41, 5.74) is 27.1. The van der Waals surface area contributed by atoms with Crippen LogP contribution in [0.25, 0.3) is 179 Å². The van der Waals surface area contributed by atoms with Crippen molar-refractivity contribution in [1.82, 2.24) is 39.0 Å². The first-order valence-corrected chi connectivity index (χ1v) is 34.6. The van der Waals surface area contributed by atoms with Crippen molar-refractivity contribution in [2.45, 2.75) is 27.7 Å². The van der Waals surface area contributed by atoms with Gasteiger partial charge in [-0.2, -0.15) is 0 Å². The summed E-state index contributed by atoms with van der Waals surface area (Å²) in [7, 11) is 0. The normalized spacial score (nSPS) is 11.5. The van der Waals surface area contributed by atoms with E-state index in [0.29, 0.717) is 34.9 Å². The molecule has 18 aromatic rings. The molecule has 0 atom stereocenters. The van der Waals surface area contributed by atoms with Crippen LogP contribution in [0, 0.1) is 27.7 Å². The molecule has 0 bridgehead atoms.